The van der Waals surface area contributed by atoms with Crippen LogP contribution in [0.25, 0.3) is 10.8 Å². The van der Waals surface area contributed by atoms with Crippen LogP contribution in [0.5, 0.6) is 0 Å². The summed E-state index contributed by atoms with van der Waals surface area (Å²) < 4.78 is 0. The second kappa shape index (κ2) is 7.10. The van der Waals surface area contributed by atoms with Gasteiger partial charge in [-0.3, -0.25) is 19.4 Å². The molecule has 6 heteroatoms. The number of hydrogen-bond acceptors (Lipinski definition) is 5. The fourth-order valence-corrected chi connectivity index (χ4v) is 5.68. The first-order chi connectivity index (χ1) is 16.3. The molecule has 6 nitrogen and oxygen atoms in total. The first-order valence-electron chi connectivity index (χ1n) is 11.6. The second-order valence-electron chi connectivity index (χ2n) is 10.4. The maximum atomic E-state index is 13.9. The molecule has 0 bridgehead atoms. The number of anilines is 1. The Morgan fingerprint density at radius 3 is 2.29 bits per heavy atom. The number of ketones is 1. The van der Waals surface area contributed by atoms with E-state index in [2.05, 4.69) is 5.10 Å². The van der Waals surface area contributed by atoms with Crippen LogP contribution in [-0.2, 0) is 14.4 Å². The Hall–Kier alpha value is -3.80. The van der Waals surface area contributed by atoms with Crippen molar-refractivity contribution < 1.29 is 14.4 Å². The summed E-state index contributed by atoms with van der Waals surface area (Å²) in [6.45, 7) is 5.55. The number of imide groups is 1. The van der Waals surface area contributed by atoms with E-state index in [9.17, 15) is 14.4 Å². The lowest BCUT2D eigenvalue weighted by Gasteiger charge is -2.35. The van der Waals surface area contributed by atoms with Crippen LogP contribution in [0.1, 0.15) is 37.9 Å². The molecule has 3 heterocycles. The number of hydrogen-bond donors (Lipinski definition) is 0. The molecule has 0 saturated carbocycles. The van der Waals surface area contributed by atoms with Crippen molar-refractivity contribution in [3.63, 3.8) is 0 Å². The van der Waals surface area contributed by atoms with Gasteiger partial charge in [0.25, 0.3) is 0 Å². The van der Waals surface area contributed by atoms with Crippen molar-refractivity contribution in [3.05, 3.63) is 77.9 Å². The second-order valence-corrected chi connectivity index (χ2v) is 10.4. The van der Waals surface area contributed by atoms with E-state index in [4.69, 9.17) is 0 Å². The van der Waals surface area contributed by atoms with Crippen LogP contribution < -0.4 is 4.90 Å². The molecule has 6 rings (SSSR count). The number of hydrazone groups is 1. The highest BCUT2D eigenvalue weighted by Crippen LogP contribution is 2.53. The topological polar surface area (TPSA) is 70.0 Å². The van der Waals surface area contributed by atoms with Crippen LogP contribution in [0, 0.1) is 17.3 Å². The molecule has 0 N–H and O–H groups in total. The Balaban J connectivity index is 1.50. The summed E-state index contributed by atoms with van der Waals surface area (Å²) in [5, 5.41) is 8.31. The van der Waals surface area contributed by atoms with Gasteiger partial charge >= 0.3 is 0 Å². The van der Waals surface area contributed by atoms with Crippen LogP contribution >= 0.6 is 0 Å². The maximum absolute atomic E-state index is 13.9. The zero-order valence-corrected chi connectivity index (χ0v) is 19.3. The third-order valence-electron chi connectivity index (χ3n) is 7.29. The molecule has 34 heavy (non-hydrogen) atoms. The lowest BCUT2D eigenvalue weighted by Crippen LogP contribution is -2.48. The van der Waals surface area contributed by atoms with Gasteiger partial charge in [0.2, 0.25) is 11.8 Å². The van der Waals surface area contributed by atoms with Gasteiger partial charge in [-0.25, -0.2) is 4.90 Å². The standard InChI is InChI=1S/C28H25N3O3/c1-28(2,3)25(32)24-22-21(23-20-11-7-6-10-18(20)15-29-31(23)24)26(33)30(27(22)34)19-13-12-16-8-4-5-9-17(16)14-19/h4-15,21-24H,1-3H3/t21-,22+,23+,24-/m0/s1. The monoisotopic (exact) mass is 451 g/mol. The summed E-state index contributed by atoms with van der Waals surface area (Å²) in [6.07, 6.45) is 1.73. The van der Waals surface area contributed by atoms with Gasteiger partial charge in [-0.2, -0.15) is 5.10 Å². The van der Waals surface area contributed by atoms with Crippen molar-refractivity contribution in [1.29, 1.82) is 0 Å². The normalized spacial score (nSPS) is 25.5. The molecule has 0 spiro atoms. The molecule has 170 valence electrons. The van der Waals surface area contributed by atoms with E-state index in [0.717, 1.165) is 21.9 Å². The molecule has 0 aliphatic carbocycles. The van der Waals surface area contributed by atoms with Crippen LogP contribution in [0.15, 0.2) is 71.8 Å². The van der Waals surface area contributed by atoms with Crippen molar-refractivity contribution in [2.75, 3.05) is 4.90 Å². The third kappa shape index (κ3) is 2.81. The predicted octanol–water partition coefficient (Wildman–Crippen LogP) is 4.33. The largest absolute Gasteiger partial charge is 0.297 e. The summed E-state index contributed by atoms with van der Waals surface area (Å²) in [7, 11) is 0. The molecule has 0 aromatic heterocycles. The molecular formula is C28H25N3O3. The molecule has 0 radical (unpaired) electrons. The van der Waals surface area contributed by atoms with Gasteiger partial charge in [0.1, 0.15) is 6.04 Å². The van der Waals surface area contributed by atoms with Gasteiger partial charge in [0, 0.05) is 5.41 Å². The smallest absolute Gasteiger partial charge is 0.240 e. The predicted molar refractivity (Wildman–Crippen MR) is 130 cm³/mol. The molecule has 3 aromatic rings. The lowest BCUT2D eigenvalue weighted by atomic mass is 9.79. The van der Waals surface area contributed by atoms with E-state index < -0.39 is 29.3 Å². The fraction of sp³-hybridized carbons (Fsp3) is 0.286. The Morgan fingerprint density at radius 1 is 0.853 bits per heavy atom. The van der Waals surface area contributed by atoms with Crippen molar-refractivity contribution in [2.45, 2.75) is 32.9 Å². The van der Waals surface area contributed by atoms with Gasteiger partial charge in [-0.15, -0.1) is 0 Å². The molecule has 2 fully saturated rings. The molecule has 3 aliphatic rings. The number of carbonyl (C=O) groups is 3. The first-order valence-corrected chi connectivity index (χ1v) is 11.6. The van der Waals surface area contributed by atoms with E-state index >= 15 is 0 Å². The van der Waals surface area contributed by atoms with E-state index in [1.54, 1.807) is 11.2 Å². The average Bonchev–Trinajstić information content (AvgIpc) is 3.30. The minimum atomic E-state index is -0.790. The Morgan fingerprint density at radius 2 is 1.53 bits per heavy atom. The van der Waals surface area contributed by atoms with Crippen LogP contribution in [0.3, 0.4) is 0 Å². The molecule has 0 unspecified atom stereocenters. The maximum Gasteiger partial charge on any atom is 0.240 e. The van der Waals surface area contributed by atoms with Crippen molar-refractivity contribution in [2.24, 2.45) is 22.4 Å². The summed E-state index contributed by atoms with van der Waals surface area (Å²) in [4.78, 5) is 42.8. The van der Waals surface area contributed by atoms with Crippen molar-refractivity contribution in [3.8, 4) is 0 Å². The van der Waals surface area contributed by atoms with Gasteiger partial charge in [0.15, 0.2) is 5.78 Å². The van der Waals surface area contributed by atoms with Crippen molar-refractivity contribution >= 4 is 40.3 Å². The molecule has 2 saturated heterocycles. The molecular weight excluding hydrogens is 426 g/mol. The molecule has 4 atom stereocenters. The quantitative estimate of drug-likeness (QED) is 0.544. The van der Waals surface area contributed by atoms with Crippen LogP contribution in [-0.4, -0.2) is 34.9 Å². The SMILES string of the molecule is CC(C)(C)C(=O)[C@@H]1[C@@H]2C(=O)N(c3ccc4ccccc4c3)C(=O)[C@@H]2[C@H]2c3ccccc3C=NN12. The highest BCUT2D eigenvalue weighted by molar-refractivity contribution is 6.24. The van der Waals surface area contributed by atoms with Gasteiger partial charge < -0.3 is 0 Å². The number of fused-ring (bicyclic) bond motifs is 6. The number of benzene rings is 3. The highest BCUT2D eigenvalue weighted by atomic mass is 16.2. The average molecular weight is 452 g/mol. The molecule has 2 amide bonds. The van der Waals surface area contributed by atoms with Gasteiger partial charge in [-0.05, 0) is 34.0 Å². The Bertz CT molecular complexity index is 1400. The first kappa shape index (κ1) is 20.8. The lowest BCUT2D eigenvalue weighted by molar-refractivity contribution is -0.136. The number of carbonyl (C=O) groups excluding carboxylic acids is 3. The molecule has 3 aromatic carbocycles. The Kier molecular flexibility index (Phi) is 4.34. The van der Waals surface area contributed by atoms with E-state index in [-0.39, 0.29) is 17.6 Å². The number of rotatable bonds is 2. The van der Waals surface area contributed by atoms with Crippen LogP contribution in [0.2, 0.25) is 0 Å². The van der Waals surface area contributed by atoms with E-state index in [1.807, 2.05) is 87.5 Å². The number of nitrogens with zero attached hydrogens (tertiary/aromatic N) is 3. The highest BCUT2D eigenvalue weighted by Gasteiger charge is 2.66. The fourth-order valence-electron chi connectivity index (χ4n) is 5.68. The third-order valence-corrected chi connectivity index (χ3v) is 7.29. The summed E-state index contributed by atoms with van der Waals surface area (Å²) in [5.74, 6) is -2.12. The minimum Gasteiger partial charge on any atom is -0.297 e. The van der Waals surface area contributed by atoms with Gasteiger partial charge in [0.05, 0.1) is 29.8 Å². The minimum absolute atomic E-state index is 0.0805. The molecule has 3 aliphatic heterocycles. The van der Waals surface area contributed by atoms with E-state index in [1.165, 1.54) is 4.90 Å². The van der Waals surface area contributed by atoms with Crippen molar-refractivity contribution in [1.82, 2.24) is 5.01 Å². The van der Waals surface area contributed by atoms with Crippen LogP contribution in [0.4, 0.5) is 5.69 Å². The zero-order chi connectivity index (χ0) is 23.8. The number of amides is 2. The Labute approximate surface area is 197 Å². The number of Topliss-reactive ketones (excluding diaryl/α,β-unsaturated/α-hetero) is 1. The zero-order valence-electron chi connectivity index (χ0n) is 19.3. The summed E-state index contributed by atoms with van der Waals surface area (Å²) in [5.41, 5.74) is 1.70. The summed E-state index contributed by atoms with van der Waals surface area (Å²) >= 11 is 0. The van der Waals surface area contributed by atoms with E-state index in [0.29, 0.717) is 5.69 Å². The summed E-state index contributed by atoms with van der Waals surface area (Å²) in [6, 6.07) is 20.0. The van der Waals surface area contributed by atoms with Gasteiger partial charge in [-0.1, -0.05) is 75.4 Å².